The Morgan fingerprint density at radius 3 is 2.50 bits per heavy atom. The quantitative estimate of drug-likeness (QED) is 0.681. The van der Waals surface area contributed by atoms with Gasteiger partial charge in [-0.1, -0.05) is 0 Å². The average molecular weight is 260 g/mol. The molecular formula is C7H4Cl2Ru+. The second kappa shape index (κ2) is 3.62. The summed E-state index contributed by atoms with van der Waals surface area (Å²) in [5.74, 6) is 0. The summed E-state index contributed by atoms with van der Waals surface area (Å²) in [6, 6.07) is 5.41. The van der Waals surface area contributed by atoms with Gasteiger partial charge in [0.15, 0.2) is 0 Å². The fourth-order valence-corrected chi connectivity index (χ4v) is 1.63. The summed E-state index contributed by atoms with van der Waals surface area (Å²) in [6.07, 6.45) is 0. The Labute approximate surface area is 79.3 Å². The average Bonchev–Trinajstić information content (AvgIpc) is 1.88. The number of hydrogen-bond acceptors (Lipinski definition) is 0. The zero-order chi connectivity index (χ0) is 7.56. The molecule has 0 aliphatic rings. The molecule has 0 spiro atoms. The molecule has 0 atom stereocenters. The van der Waals surface area contributed by atoms with Crippen molar-refractivity contribution in [2.24, 2.45) is 0 Å². The van der Waals surface area contributed by atoms with Gasteiger partial charge >= 0.3 is 79.5 Å². The molecule has 0 radical (unpaired) electrons. The third kappa shape index (κ3) is 1.89. The number of hydrogen-bond donors (Lipinski definition) is 0. The second-order valence-corrected chi connectivity index (χ2v) is 3.11. The van der Waals surface area contributed by atoms with Crippen LogP contribution in [0.5, 0.6) is 0 Å². The van der Waals surface area contributed by atoms with Crippen molar-refractivity contribution in [2.45, 2.75) is 0 Å². The SMILES string of the molecule is Clc1ccc([CH]=[Ru+])c(Cl)c1. The molecule has 0 nitrogen and oxygen atoms in total. The van der Waals surface area contributed by atoms with Crippen LogP contribution in [-0.2, 0) is 17.9 Å². The molecule has 0 saturated carbocycles. The topological polar surface area (TPSA) is 0 Å². The Morgan fingerprint density at radius 1 is 1.30 bits per heavy atom. The third-order valence-corrected chi connectivity index (χ3v) is 2.18. The first kappa shape index (κ1) is 8.39. The van der Waals surface area contributed by atoms with Crippen LogP contribution >= 0.6 is 23.2 Å². The van der Waals surface area contributed by atoms with Crippen molar-refractivity contribution in [3.05, 3.63) is 33.8 Å². The number of rotatable bonds is 1. The van der Waals surface area contributed by atoms with Gasteiger partial charge < -0.3 is 0 Å². The molecular weight excluding hydrogens is 256 g/mol. The van der Waals surface area contributed by atoms with Crippen LogP contribution in [0, 0.1) is 0 Å². The minimum atomic E-state index is 0.669. The third-order valence-electron chi connectivity index (χ3n) is 1.07. The van der Waals surface area contributed by atoms with Gasteiger partial charge in [-0.2, -0.15) is 0 Å². The first-order valence-corrected chi connectivity index (χ1v) is 4.37. The van der Waals surface area contributed by atoms with Crippen LogP contribution in [0.15, 0.2) is 18.2 Å². The fourth-order valence-electron chi connectivity index (χ4n) is 0.584. The van der Waals surface area contributed by atoms with Gasteiger partial charge in [-0.05, 0) is 0 Å². The van der Waals surface area contributed by atoms with Crippen molar-refractivity contribution in [3.8, 4) is 0 Å². The van der Waals surface area contributed by atoms with Gasteiger partial charge in [0.1, 0.15) is 0 Å². The van der Waals surface area contributed by atoms with Crippen molar-refractivity contribution < 1.29 is 17.9 Å². The number of benzene rings is 1. The van der Waals surface area contributed by atoms with E-state index in [1.165, 1.54) is 0 Å². The molecule has 0 amide bonds. The molecule has 0 fully saturated rings. The number of halogens is 2. The van der Waals surface area contributed by atoms with E-state index in [2.05, 4.69) is 17.9 Å². The van der Waals surface area contributed by atoms with Gasteiger partial charge in [0.2, 0.25) is 0 Å². The summed E-state index contributed by atoms with van der Waals surface area (Å²) in [7, 11) is 0. The van der Waals surface area contributed by atoms with E-state index in [4.69, 9.17) is 23.2 Å². The van der Waals surface area contributed by atoms with Crippen LogP contribution in [-0.4, -0.2) is 4.61 Å². The maximum atomic E-state index is 5.80. The normalized spacial score (nSPS) is 9.40. The van der Waals surface area contributed by atoms with E-state index in [9.17, 15) is 0 Å². The Morgan fingerprint density at radius 2 is 2.00 bits per heavy atom. The molecule has 0 aliphatic carbocycles. The second-order valence-electron chi connectivity index (χ2n) is 1.77. The molecule has 0 bridgehead atoms. The van der Waals surface area contributed by atoms with Gasteiger partial charge in [-0.3, -0.25) is 0 Å². The Kier molecular flexibility index (Phi) is 3.03. The maximum absolute atomic E-state index is 5.80. The molecule has 0 aromatic heterocycles. The Balaban J connectivity index is 3.19. The van der Waals surface area contributed by atoms with E-state index in [0.29, 0.717) is 10.0 Å². The van der Waals surface area contributed by atoms with E-state index >= 15 is 0 Å². The Hall–Kier alpha value is 0.293. The standard InChI is InChI=1S/C7H4Cl2.Ru/c1-5-2-3-6(8)4-7(5)9;/h1-4H;/q;+1. The minimum absolute atomic E-state index is 0.669. The van der Waals surface area contributed by atoms with E-state index < -0.39 is 0 Å². The summed E-state index contributed by atoms with van der Waals surface area (Å²) in [5.41, 5.74) is 0.988. The van der Waals surface area contributed by atoms with Gasteiger partial charge in [0.25, 0.3) is 0 Å². The molecule has 53 valence electrons. The monoisotopic (exact) mass is 260 g/mol. The zero-order valence-electron chi connectivity index (χ0n) is 4.92. The van der Waals surface area contributed by atoms with E-state index in [0.717, 1.165) is 5.56 Å². The van der Waals surface area contributed by atoms with Crippen LogP contribution < -0.4 is 0 Å². The summed E-state index contributed by atoms with van der Waals surface area (Å²) in [4.78, 5) is 0. The molecule has 10 heavy (non-hydrogen) atoms. The molecule has 0 unspecified atom stereocenters. The molecule has 1 aromatic carbocycles. The van der Waals surface area contributed by atoms with Crippen molar-refractivity contribution >= 4 is 27.8 Å². The molecule has 0 aliphatic heterocycles. The van der Waals surface area contributed by atoms with Crippen molar-refractivity contribution in [3.63, 3.8) is 0 Å². The van der Waals surface area contributed by atoms with Crippen molar-refractivity contribution in [2.75, 3.05) is 0 Å². The molecule has 3 heteroatoms. The van der Waals surface area contributed by atoms with Crippen LogP contribution in [0.2, 0.25) is 10.0 Å². The van der Waals surface area contributed by atoms with Gasteiger partial charge in [-0.15, -0.1) is 0 Å². The van der Waals surface area contributed by atoms with Gasteiger partial charge in [0, 0.05) is 0 Å². The summed E-state index contributed by atoms with van der Waals surface area (Å²) in [6.45, 7) is 0. The van der Waals surface area contributed by atoms with E-state index in [1.54, 1.807) is 6.07 Å². The van der Waals surface area contributed by atoms with E-state index in [-0.39, 0.29) is 0 Å². The summed E-state index contributed by atoms with van der Waals surface area (Å²) in [5, 5.41) is 1.35. The first-order chi connectivity index (χ1) is 4.74. The predicted octanol–water partition coefficient (Wildman–Crippen LogP) is 2.69. The molecule has 1 rings (SSSR count). The summed E-state index contributed by atoms with van der Waals surface area (Å²) < 4.78 is 1.87. The van der Waals surface area contributed by atoms with Crippen LogP contribution in [0.3, 0.4) is 0 Å². The van der Waals surface area contributed by atoms with Crippen LogP contribution in [0.25, 0.3) is 0 Å². The van der Waals surface area contributed by atoms with Gasteiger partial charge in [0.05, 0.1) is 0 Å². The van der Waals surface area contributed by atoms with Gasteiger partial charge in [-0.25, -0.2) is 0 Å². The first-order valence-electron chi connectivity index (χ1n) is 2.61. The molecule has 1 aromatic rings. The van der Waals surface area contributed by atoms with Crippen molar-refractivity contribution in [1.29, 1.82) is 0 Å². The molecule has 0 heterocycles. The molecule has 0 N–H and O–H groups in total. The fraction of sp³-hybridized carbons (Fsp3) is 0. The zero-order valence-corrected chi connectivity index (χ0v) is 8.17. The summed E-state index contributed by atoms with van der Waals surface area (Å²) >= 11 is 13.9. The predicted molar refractivity (Wildman–Crippen MR) is 41.6 cm³/mol. The molecule has 0 saturated heterocycles. The van der Waals surface area contributed by atoms with Crippen LogP contribution in [0.4, 0.5) is 0 Å². The Bertz CT molecular complexity index is 258. The van der Waals surface area contributed by atoms with E-state index in [1.807, 2.05) is 16.7 Å². The van der Waals surface area contributed by atoms with Crippen LogP contribution in [0.1, 0.15) is 5.56 Å². The van der Waals surface area contributed by atoms with Crippen molar-refractivity contribution in [1.82, 2.24) is 0 Å².